The van der Waals surface area contributed by atoms with Gasteiger partial charge in [0.1, 0.15) is 24.1 Å². The van der Waals surface area contributed by atoms with Crippen molar-refractivity contribution in [2.24, 2.45) is 0 Å². The van der Waals surface area contributed by atoms with Gasteiger partial charge in [0, 0.05) is 32.4 Å². The van der Waals surface area contributed by atoms with Gasteiger partial charge >= 0.3 is 5.97 Å². The number of carboxylic acids is 1. The zero-order valence-electron chi connectivity index (χ0n) is 20.6. The van der Waals surface area contributed by atoms with E-state index in [9.17, 15) is 14.3 Å². The molecule has 0 aliphatic carbocycles. The third-order valence-electron chi connectivity index (χ3n) is 6.03. The van der Waals surface area contributed by atoms with Gasteiger partial charge in [0.15, 0.2) is 0 Å². The van der Waals surface area contributed by atoms with E-state index in [1.165, 1.54) is 25.1 Å². The molecule has 11 heteroatoms. The lowest BCUT2D eigenvalue weighted by atomic mass is 10.1. The first-order chi connectivity index (χ1) is 17.5. The van der Waals surface area contributed by atoms with Crippen LogP contribution in [0.2, 0.25) is 0 Å². The van der Waals surface area contributed by atoms with E-state index < -0.39 is 18.2 Å². The van der Waals surface area contributed by atoms with E-state index in [0.29, 0.717) is 13.1 Å². The molecule has 2 aromatic rings. The van der Waals surface area contributed by atoms with Gasteiger partial charge in [-0.3, -0.25) is 0 Å². The summed E-state index contributed by atoms with van der Waals surface area (Å²) in [5, 5.41) is 24.6. The van der Waals surface area contributed by atoms with E-state index in [4.69, 9.17) is 15.0 Å². The van der Waals surface area contributed by atoms with Crippen molar-refractivity contribution in [1.82, 2.24) is 19.9 Å². The summed E-state index contributed by atoms with van der Waals surface area (Å²) in [6, 6.07) is 5.19. The number of aliphatic carboxylic acids is 1. The quantitative estimate of drug-likeness (QED) is 0.314. The largest absolute Gasteiger partial charge is 0.480 e. The Morgan fingerprint density at radius 3 is 2.86 bits per heavy atom. The highest BCUT2D eigenvalue weighted by Gasteiger charge is 2.21. The molecule has 0 saturated heterocycles. The van der Waals surface area contributed by atoms with Gasteiger partial charge < -0.3 is 25.4 Å². The Kier molecular flexibility index (Phi) is 10.8. The second-order valence-electron chi connectivity index (χ2n) is 8.88. The molecule has 2 aromatic heterocycles. The van der Waals surface area contributed by atoms with Crippen LogP contribution in [0.5, 0.6) is 0 Å². The Morgan fingerprint density at radius 2 is 2.14 bits per heavy atom. The standard InChI is InChI=1S/C25H34FN7O3/c1-36-17-20(26)16-33(11-3-2-6-21-8-7-19-5-4-10-28-23(19)31-21)12-9-22(24(34)35)32-25-29-14-18(13-27)15-30-25/h7-8,14-15,20,22H,2-6,9-12,16-17H2,1H3,(H,28,31)(H,34,35)(H,29,30,32). The fourth-order valence-corrected chi connectivity index (χ4v) is 4.14. The summed E-state index contributed by atoms with van der Waals surface area (Å²) in [6.45, 7) is 2.11. The minimum Gasteiger partial charge on any atom is -0.480 e. The monoisotopic (exact) mass is 499 g/mol. The van der Waals surface area contributed by atoms with Crippen molar-refractivity contribution in [3.63, 3.8) is 0 Å². The van der Waals surface area contributed by atoms with E-state index >= 15 is 0 Å². The molecule has 0 aromatic carbocycles. The number of aryl methyl sites for hydroxylation is 2. The van der Waals surface area contributed by atoms with E-state index in [1.807, 2.05) is 11.0 Å². The number of nitriles is 1. The van der Waals surface area contributed by atoms with Crippen LogP contribution in [0.25, 0.3) is 0 Å². The SMILES string of the molecule is COCC(F)CN(CCCCc1ccc2c(n1)NCCC2)CCC(Nc1ncc(C#N)cn1)C(=O)O. The molecule has 0 bridgehead atoms. The first kappa shape index (κ1) is 27.2. The second-order valence-corrected chi connectivity index (χ2v) is 8.88. The van der Waals surface area contributed by atoms with Crippen LogP contribution in [0.4, 0.5) is 16.2 Å². The van der Waals surface area contributed by atoms with Gasteiger partial charge in [-0.15, -0.1) is 0 Å². The van der Waals surface area contributed by atoms with Gasteiger partial charge in [-0.2, -0.15) is 5.26 Å². The Labute approximate surface area is 210 Å². The molecule has 0 saturated carbocycles. The molecule has 0 radical (unpaired) electrons. The molecule has 194 valence electrons. The number of halogens is 1. The first-order valence-electron chi connectivity index (χ1n) is 12.3. The minimum absolute atomic E-state index is 0.0117. The number of nitrogens with one attached hydrogen (secondary N) is 2. The molecular formula is C25H34FN7O3. The highest BCUT2D eigenvalue weighted by Crippen LogP contribution is 2.20. The maximum atomic E-state index is 14.3. The molecule has 3 rings (SSSR count). The van der Waals surface area contributed by atoms with Crippen molar-refractivity contribution in [1.29, 1.82) is 5.26 Å². The number of aromatic nitrogens is 3. The van der Waals surface area contributed by atoms with Crippen molar-refractivity contribution < 1.29 is 19.0 Å². The van der Waals surface area contributed by atoms with Crippen LogP contribution in [0.15, 0.2) is 24.5 Å². The third-order valence-corrected chi connectivity index (χ3v) is 6.03. The zero-order valence-corrected chi connectivity index (χ0v) is 20.6. The average Bonchev–Trinajstić information content (AvgIpc) is 2.89. The Hall–Kier alpha value is -3.36. The summed E-state index contributed by atoms with van der Waals surface area (Å²) in [5.74, 6) is 0.0603. The number of unbranched alkanes of at least 4 members (excludes halogenated alkanes) is 1. The predicted molar refractivity (Wildman–Crippen MR) is 134 cm³/mol. The summed E-state index contributed by atoms with van der Waals surface area (Å²) in [7, 11) is 1.46. The van der Waals surface area contributed by atoms with Crippen LogP contribution >= 0.6 is 0 Å². The zero-order chi connectivity index (χ0) is 25.8. The van der Waals surface area contributed by atoms with Gasteiger partial charge in [0.25, 0.3) is 0 Å². The number of alkyl halides is 1. The van der Waals surface area contributed by atoms with Gasteiger partial charge in [-0.25, -0.2) is 24.1 Å². The van der Waals surface area contributed by atoms with E-state index in [-0.39, 0.29) is 31.1 Å². The molecule has 0 fully saturated rings. The normalized spacial score (nSPS) is 14.4. The van der Waals surface area contributed by atoms with E-state index in [0.717, 1.165) is 50.2 Å². The number of methoxy groups -OCH3 is 1. The lowest BCUT2D eigenvalue weighted by Crippen LogP contribution is -2.39. The average molecular weight is 500 g/mol. The van der Waals surface area contributed by atoms with Gasteiger partial charge in [0.2, 0.25) is 5.95 Å². The number of carboxylic acid groups (broad SMARTS) is 1. The first-order valence-corrected chi connectivity index (χ1v) is 12.3. The van der Waals surface area contributed by atoms with Crippen LogP contribution < -0.4 is 10.6 Å². The lowest BCUT2D eigenvalue weighted by Gasteiger charge is -2.25. The third kappa shape index (κ3) is 8.70. The second kappa shape index (κ2) is 14.3. The Balaban J connectivity index is 1.51. The van der Waals surface area contributed by atoms with E-state index in [2.05, 4.69) is 32.7 Å². The number of nitrogens with zero attached hydrogens (tertiary/aromatic N) is 5. The molecule has 2 unspecified atom stereocenters. The summed E-state index contributed by atoms with van der Waals surface area (Å²) < 4.78 is 19.3. The van der Waals surface area contributed by atoms with Gasteiger partial charge in [0.05, 0.1) is 24.6 Å². The molecule has 1 aliphatic rings. The fourth-order valence-electron chi connectivity index (χ4n) is 4.14. The molecule has 0 amide bonds. The van der Waals surface area contributed by atoms with Crippen molar-refractivity contribution in [2.75, 3.05) is 50.5 Å². The van der Waals surface area contributed by atoms with Crippen LogP contribution in [-0.4, -0.2) is 83.0 Å². The fraction of sp³-hybridized carbons (Fsp3) is 0.560. The Bertz CT molecular complexity index is 1020. The minimum atomic E-state index is -1.17. The number of pyridine rings is 1. The number of rotatable bonds is 15. The molecule has 3 heterocycles. The van der Waals surface area contributed by atoms with Crippen molar-refractivity contribution >= 4 is 17.7 Å². The number of anilines is 2. The van der Waals surface area contributed by atoms with Crippen molar-refractivity contribution in [3.8, 4) is 6.07 Å². The molecular weight excluding hydrogens is 465 g/mol. The molecule has 1 aliphatic heterocycles. The van der Waals surface area contributed by atoms with Gasteiger partial charge in [-0.1, -0.05) is 6.07 Å². The van der Waals surface area contributed by atoms with E-state index in [1.54, 1.807) is 0 Å². The highest BCUT2D eigenvalue weighted by atomic mass is 19.1. The van der Waals surface area contributed by atoms with Gasteiger partial charge in [-0.05, 0) is 56.7 Å². The highest BCUT2D eigenvalue weighted by molar-refractivity contribution is 5.76. The van der Waals surface area contributed by atoms with Crippen LogP contribution in [0, 0.1) is 11.3 Å². The van der Waals surface area contributed by atoms with Crippen LogP contribution in [-0.2, 0) is 22.4 Å². The van der Waals surface area contributed by atoms with Crippen molar-refractivity contribution in [3.05, 3.63) is 41.3 Å². The Morgan fingerprint density at radius 1 is 1.33 bits per heavy atom. The van der Waals surface area contributed by atoms with Crippen LogP contribution in [0.1, 0.15) is 42.5 Å². The smallest absolute Gasteiger partial charge is 0.326 e. The summed E-state index contributed by atoms with van der Waals surface area (Å²) in [5.41, 5.74) is 2.58. The molecule has 3 N–H and O–H groups in total. The molecule has 2 atom stereocenters. The predicted octanol–water partition coefficient (Wildman–Crippen LogP) is 2.67. The number of fused-ring (bicyclic) bond motifs is 1. The molecule has 0 spiro atoms. The number of hydrogen-bond donors (Lipinski definition) is 3. The van der Waals surface area contributed by atoms with Crippen LogP contribution in [0.3, 0.4) is 0 Å². The molecule has 10 nitrogen and oxygen atoms in total. The number of hydrogen-bond acceptors (Lipinski definition) is 9. The lowest BCUT2D eigenvalue weighted by molar-refractivity contribution is -0.138. The summed E-state index contributed by atoms with van der Waals surface area (Å²) in [6.07, 6.45) is 6.45. The number of ether oxygens (including phenoxy) is 1. The van der Waals surface area contributed by atoms with Crippen molar-refractivity contribution in [2.45, 2.75) is 50.7 Å². The molecule has 36 heavy (non-hydrogen) atoms. The maximum Gasteiger partial charge on any atom is 0.326 e. The maximum absolute atomic E-state index is 14.3. The summed E-state index contributed by atoms with van der Waals surface area (Å²) in [4.78, 5) is 26.4. The topological polar surface area (TPSA) is 136 Å². The number of carbonyl (C=O) groups is 1. The summed E-state index contributed by atoms with van der Waals surface area (Å²) >= 11 is 0.